The van der Waals surface area contributed by atoms with Crippen molar-refractivity contribution in [2.45, 2.75) is 52.5 Å². The van der Waals surface area contributed by atoms with E-state index in [0.717, 1.165) is 16.4 Å². The third kappa shape index (κ3) is 11.8. The maximum absolute atomic E-state index is 5.66. The topological polar surface area (TPSA) is 69.3 Å². The van der Waals surface area contributed by atoms with Gasteiger partial charge in [0.05, 0.1) is 10.7 Å². The zero-order valence-electron chi connectivity index (χ0n) is 32.1. The number of hydrogen-bond acceptors (Lipinski definition) is 3. The van der Waals surface area contributed by atoms with Gasteiger partial charge >= 0.3 is 0 Å². The van der Waals surface area contributed by atoms with Gasteiger partial charge in [0.1, 0.15) is 0 Å². The molecule has 0 fully saturated rings. The first-order valence-electron chi connectivity index (χ1n) is 17.0. The molecule has 5 nitrogen and oxygen atoms in total. The Morgan fingerprint density at radius 2 is 1.12 bits per heavy atom. The summed E-state index contributed by atoms with van der Waals surface area (Å²) in [5.74, 6) is 0.730. The number of thiophene rings is 1. The molecule has 2 heterocycles. The molecule has 4 aromatic carbocycles. The van der Waals surface area contributed by atoms with Gasteiger partial charge in [-0.25, -0.2) is 4.98 Å². The number of aryl methyl sites for hydroxylation is 1. The number of aromatic nitrogens is 1. The van der Waals surface area contributed by atoms with Crippen LogP contribution in [0.15, 0.2) is 102 Å². The molecular formula is C43H53HfN5S2-4. The fourth-order valence-corrected chi connectivity index (χ4v) is 7.61. The minimum absolute atomic E-state index is 0. The van der Waals surface area contributed by atoms with Crippen molar-refractivity contribution in [3.05, 3.63) is 150 Å². The fraction of sp³-hybridized carbons (Fsp3) is 0.326. The minimum atomic E-state index is -0.229. The fourth-order valence-electron chi connectivity index (χ4n) is 5.68. The summed E-state index contributed by atoms with van der Waals surface area (Å²) in [6.07, 6.45) is 0. The van der Waals surface area contributed by atoms with Crippen LogP contribution in [-0.2, 0) is 25.8 Å². The van der Waals surface area contributed by atoms with Crippen LogP contribution >= 0.6 is 22.7 Å². The summed E-state index contributed by atoms with van der Waals surface area (Å²) in [6, 6.07) is 34.4. The smallest absolute Gasteiger partial charge is 0.0831 e. The van der Waals surface area contributed by atoms with Crippen molar-refractivity contribution in [3.8, 4) is 22.4 Å². The third-order valence-corrected chi connectivity index (χ3v) is 9.71. The van der Waals surface area contributed by atoms with Crippen LogP contribution in [0.25, 0.3) is 53.7 Å². The van der Waals surface area contributed by atoms with Crippen LogP contribution in [0.2, 0.25) is 0 Å². The Hall–Kier alpha value is -2.98. The number of para-hydroxylation sites is 1. The number of benzene rings is 4. The molecule has 0 bridgehead atoms. The molecular weight excluding hydrogens is 829 g/mol. The van der Waals surface area contributed by atoms with E-state index in [0.29, 0.717) is 11.8 Å². The average Bonchev–Trinajstić information content (AvgIpc) is 3.72. The molecule has 0 saturated carbocycles. The van der Waals surface area contributed by atoms with Gasteiger partial charge in [-0.1, -0.05) is 130 Å². The second-order valence-electron chi connectivity index (χ2n) is 12.5. The summed E-state index contributed by atoms with van der Waals surface area (Å²) in [6.45, 7) is 11.3. The zero-order chi connectivity index (χ0) is 36.6. The number of fused-ring (bicyclic) bond motifs is 1. The van der Waals surface area contributed by atoms with Crippen LogP contribution in [0.3, 0.4) is 0 Å². The monoisotopic (exact) mass is 883 g/mol. The van der Waals surface area contributed by atoms with Gasteiger partial charge in [-0.3, -0.25) is 0 Å². The molecule has 8 heteroatoms. The average molecular weight is 883 g/mol. The van der Waals surface area contributed by atoms with E-state index in [-0.39, 0.29) is 31.9 Å². The quantitative estimate of drug-likeness (QED) is 0.140. The molecule has 0 aliphatic carbocycles. The SMILES string of the molecule is C[N-]C.C[N-]C.C[N-]C.Cc1sc2ccccc2c1-c1csc(C([N-]c2c(C(C)C)cccc2C(C)C)c2ccccc2-c2ccccc2)n1.[Hf]. The molecule has 2 aromatic heterocycles. The molecule has 0 amide bonds. The first-order valence-corrected chi connectivity index (χ1v) is 18.7. The second-order valence-corrected chi connectivity index (χ2v) is 14.7. The van der Waals surface area contributed by atoms with Crippen LogP contribution in [0, 0.1) is 6.92 Å². The predicted octanol–water partition coefficient (Wildman–Crippen LogP) is 13.9. The molecule has 270 valence electrons. The van der Waals surface area contributed by atoms with Gasteiger partial charge in [0.2, 0.25) is 0 Å². The van der Waals surface area contributed by atoms with E-state index in [1.807, 2.05) is 11.3 Å². The van der Waals surface area contributed by atoms with Crippen LogP contribution in [0.5, 0.6) is 0 Å². The van der Waals surface area contributed by atoms with E-state index >= 15 is 0 Å². The molecule has 0 spiro atoms. The van der Waals surface area contributed by atoms with Crippen molar-refractivity contribution >= 4 is 38.4 Å². The molecule has 0 aliphatic rings. The minimum Gasteiger partial charge on any atom is -0.672 e. The van der Waals surface area contributed by atoms with E-state index in [1.54, 1.807) is 53.6 Å². The standard InChI is InChI=1S/C37H35N2S2.3C2H6N.Hf/c1-23(2)27-19-13-20-28(24(3)4)35(27)39-36(30-17-10-9-16-29(30)26-14-7-6-8-15-26)37-38-32(22-40-37)34-25(5)41-33-21-12-11-18-31(33)34;3*1-3-2;/h6-24,36H,1-5H3;3*1-2H3;/q4*-1;. The predicted molar refractivity (Wildman–Crippen MR) is 225 cm³/mol. The van der Waals surface area contributed by atoms with Crippen molar-refractivity contribution in [3.63, 3.8) is 0 Å². The van der Waals surface area contributed by atoms with Crippen LogP contribution < -0.4 is 0 Å². The Kier molecular flexibility index (Phi) is 19.8. The van der Waals surface area contributed by atoms with Gasteiger partial charge < -0.3 is 21.3 Å². The van der Waals surface area contributed by atoms with Crippen molar-refractivity contribution in [1.82, 2.24) is 4.98 Å². The third-order valence-electron chi connectivity index (χ3n) is 7.72. The maximum Gasteiger partial charge on any atom is 0.0831 e. The molecule has 1 atom stereocenters. The molecule has 1 unspecified atom stereocenters. The Labute approximate surface area is 334 Å². The van der Waals surface area contributed by atoms with E-state index in [9.17, 15) is 0 Å². The molecule has 0 aliphatic heterocycles. The number of rotatable bonds is 8. The summed E-state index contributed by atoms with van der Waals surface area (Å²) >= 11 is 3.56. The first-order chi connectivity index (χ1) is 24.2. The Balaban J connectivity index is 0.000000819. The van der Waals surface area contributed by atoms with Crippen molar-refractivity contribution in [2.75, 3.05) is 42.3 Å². The molecule has 6 aromatic rings. The summed E-state index contributed by atoms with van der Waals surface area (Å²) in [7, 11) is 10.5. The van der Waals surface area contributed by atoms with Gasteiger partial charge in [0.15, 0.2) is 0 Å². The molecule has 0 N–H and O–H groups in total. The number of thiazole rings is 1. The van der Waals surface area contributed by atoms with E-state index in [1.165, 1.54) is 48.3 Å². The Morgan fingerprint density at radius 3 is 1.71 bits per heavy atom. The van der Waals surface area contributed by atoms with Crippen LogP contribution in [0.1, 0.15) is 72.1 Å². The van der Waals surface area contributed by atoms with Crippen molar-refractivity contribution < 1.29 is 25.8 Å². The summed E-state index contributed by atoms with van der Waals surface area (Å²) in [5.41, 5.74) is 9.54. The molecule has 51 heavy (non-hydrogen) atoms. The van der Waals surface area contributed by atoms with E-state index in [2.05, 4.69) is 153 Å². The summed E-state index contributed by atoms with van der Waals surface area (Å²) in [5, 5.41) is 20.7. The molecule has 0 saturated heterocycles. The first kappa shape index (κ1) is 44.2. The molecule has 0 radical (unpaired) electrons. The summed E-state index contributed by atoms with van der Waals surface area (Å²) < 4.78 is 1.30. The van der Waals surface area contributed by atoms with Crippen molar-refractivity contribution in [2.24, 2.45) is 0 Å². The van der Waals surface area contributed by atoms with Crippen molar-refractivity contribution in [1.29, 1.82) is 0 Å². The number of nitrogens with zero attached hydrogens (tertiary/aromatic N) is 5. The Morgan fingerprint density at radius 1 is 0.608 bits per heavy atom. The van der Waals surface area contributed by atoms with Gasteiger partial charge in [-0.05, 0) is 47.6 Å². The maximum atomic E-state index is 5.66. The zero-order valence-corrected chi connectivity index (χ0v) is 37.3. The normalized spacial score (nSPS) is 11.0. The van der Waals surface area contributed by atoms with Gasteiger partial charge in [-0.2, -0.15) is 42.3 Å². The van der Waals surface area contributed by atoms with E-state index in [4.69, 9.17) is 10.3 Å². The second kappa shape index (κ2) is 22.8. The van der Waals surface area contributed by atoms with Gasteiger partial charge in [-0.15, -0.1) is 28.4 Å². The molecule has 6 rings (SSSR count). The van der Waals surface area contributed by atoms with Gasteiger partial charge in [0.25, 0.3) is 0 Å². The van der Waals surface area contributed by atoms with Crippen LogP contribution in [-0.4, -0.2) is 47.3 Å². The summed E-state index contributed by atoms with van der Waals surface area (Å²) in [4.78, 5) is 6.65. The van der Waals surface area contributed by atoms with Crippen LogP contribution in [0.4, 0.5) is 5.69 Å². The Bertz CT molecular complexity index is 1830. The largest absolute Gasteiger partial charge is 0.672 e. The van der Waals surface area contributed by atoms with Gasteiger partial charge in [0, 0.05) is 51.8 Å². The number of hydrogen-bond donors (Lipinski definition) is 0. The van der Waals surface area contributed by atoms with E-state index < -0.39 is 0 Å².